The number of benzene rings is 2. The second kappa shape index (κ2) is 13.9. The maximum Gasteiger partial charge on any atom is 0.276 e. The smallest absolute Gasteiger partial charge is 0.276 e. The number of carbonyl (C=O) groups excluding carboxylic acids is 4. The highest BCUT2D eigenvalue weighted by Gasteiger charge is 2.21. The summed E-state index contributed by atoms with van der Waals surface area (Å²) in [7, 11) is 0. The number of hydrogen-bond acceptors (Lipinski definition) is 9. The quantitative estimate of drug-likeness (QED) is 0.0765. The van der Waals surface area contributed by atoms with Crippen molar-refractivity contribution in [2.75, 3.05) is 23.8 Å². The molecule has 2 aromatic carbocycles. The third-order valence-corrected chi connectivity index (χ3v) is 7.15. The number of primary amides is 1. The lowest BCUT2D eigenvalue weighted by atomic mass is 10.2. The molecule has 15 nitrogen and oxygen atoms in total. The summed E-state index contributed by atoms with van der Waals surface area (Å²) < 4.78 is 11.1. The van der Waals surface area contributed by atoms with Gasteiger partial charge in [0.1, 0.15) is 23.2 Å². The first-order chi connectivity index (χ1) is 22.3. The number of anilines is 2. The summed E-state index contributed by atoms with van der Waals surface area (Å²) in [5, 5.41) is 19.1. The molecule has 0 radical (unpaired) electrons. The number of hydrogen-bond donors (Lipinski definition) is 4. The number of aromatic nitrogens is 6. The zero-order valence-corrected chi connectivity index (χ0v) is 25.3. The van der Waals surface area contributed by atoms with Crippen LogP contribution in [0.4, 0.5) is 11.9 Å². The number of imidazole rings is 2. The number of aldehydes is 1. The molecule has 0 atom stereocenters. The van der Waals surface area contributed by atoms with Crippen LogP contribution in [0.5, 0.6) is 5.75 Å². The van der Waals surface area contributed by atoms with Crippen LogP contribution in [0, 0.1) is 6.92 Å². The Balaban J connectivity index is 1.51. The molecule has 5 aromatic rings. The van der Waals surface area contributed by atoms with Crippen molar-refractivity contribution in [1.29, 1.82) is 0 Å². The van der Waals surface area contributed by atoms with E-state index >= 15 is 0 Å². The predicted molar refractivity (Wildman–Crippen MR) is 170 cm³/mol. The summed E-state index contributed by atoms with van der Waals surface area (Å²) in [6.45, 7) is 4.83. The van der Waals surface area contributed by atoms with Gasteiger partial charge >= 0.3 is 0 Å². The summed E-state index contributed by atoms with van der Waals surface area (Å²) in [4.78, 5) is 57.1. The molecule has 46 heavy (non-hydrogen) atoms. The number of carbonyl (C=O) groups is 4. The Morgan fingerprint density at radius 3 is 2.48 bits per heavy atom. The van der Waals surface area contributed by atoms with E-state index in [2.05, 4.69) is 25.7 Å². The Morgan fingerprint density at radius 1 is 1.02 bits per heavy atom. The van der Waals surface area contributed by atoms with E-state index in [1.54, 1.807) is 57.1 Å². The maximum absolute atomic E-state index is 13.4. The second-order valence-electron chi connectivity index (χ2n) is 10.3. The molecule has 5 rings (SSSR count). The molecule has 0 saturated heterocycles. The van der Waals surface area contributed by atoms with Gasteiger partial charge in [-0.3, -0.25) is 34.5 Å². The van der Waals surface area contributed by atoms with E-state index in [9.17, 15) is 24.3 Å². The average Bonchev–Trinajstić information content (AvgIpc) is 3.71. The van der Waals surface area contributed by atoms with Gasteiger partial charge in [-0.1, -0.05) is 12.2 Å². The van der Waals surface area contributed by atoms with Crippen molar-refractivity contribution in [3.8, 4) is 5.75 Å². The van der Waals surface area contributed by atoms with Crippen molar-refractivity contribution in [2.45, 2.75) is 39.9 Å². The van der Waals surface area contributed by atoms with E-state index in [1.165, 1.54) is 0 Å². The summed E-state index contributed by atoms with van der Waals surface area (Å²) in [6.07, 6.45) is 5.27. The van der Waals surface area contributed by atoms with Crippen molar-refractivity contribution in [2.24, 2.45) is 5.73 Å². The number of aryl methyl sites for hydroxylation is 2. The van der Waals surface area contributed by atoms with Gasteiger partial charge in [-0.2, -0.15) is 5.10 Å². The van der Waals surface area contributed by atoms with Crippen LogP contribution in [0.3, 0.4) is 0 Å². The van der Waals surface area contributed by atoms with Crippen LogP contribution in [0.2, 0.25) is 0 Å². The van der Waals surface area contributed by atoms with Crippen molar-refractivity contribution < 1.29 is 29.0 Å². The first-order valence-corrected chi connectivity index (χ1v) is 14.5. The highest BCUT2D eigenvalue weighted by Crippen LogP contribution is 2.31. The van der Waals surface area contributed by atoms with E-state index in [4.69, 9.17) is 10.5 Å². The van der Waals surface area contributed by atoms with Crippen LogP contribution < -0.4 is 21.1 Å². The SMILES string of the molecule is CCn1nc(C)cc1C(=O)Nc1nc2cc(C=O)cc(OCCCO)c2n1C/C=C/Cn1c(NC=O)nc2cc(C(N)=O)ccc21. The van der Waals surface area contributed by atoms with Crippen LogP contribution >= 0.6 is 0 Å². The molecule has 15 heteroatoms. The lowest BCUT2D eigenvalue weighted by Crippen LogP contribution is -2.20. The molecule has 3 amide bonds. The molecule has 5 N–H and O–H groups in total. The van der Waals surface area contributed by atoms with Crippen LogP contribution in [0.15, 0.2) is 48.6 Å². The minimum absolute atomic E-state index is 0.0714. The van der Waals surface area contributed by atoms with Gasteiger partial charge in [-0.15, -0.1) is 0 Å². The third kappa shape index (κ3) is 6.49. The molecule has 3 aromatic heterocycles. The molecule has 0 aliphatic carbocycles. The fourth-order valence-electron chi connectivity index (χ4n) is 5.07. The molecule has 3 heterocycles. The van der Waals surface area contributed by atoms with E-state index in [0.717, 1.165) is 0 Å². The standard InChI is InChI=1S/C31H33N9O6/c1-3-40-25(13-19(2)37-40)29(45)36-31-35-23-14-20(17-42)15-26(46-12-6-11-41)27(23)39(31)10-5-4-9-38-24-8-7-21(28(32)44)16-22(24)34-30(38)33-18-43/h4-5,7-8,13-18,41H,3,6,9-12H2,1-2H3,(H2,32,44)(H,33,34,43)(H,35,36,45)/b5-4+. The number of aliphatic hydroxyl groups excluding tert-OH is 1. The number of allylic oxidation sites excluding steroid dienone is 2. The zero-order valence-electron chi connectivity index (χ0n) is 25.3. The van der Waals surface area contributed by atoms with Crippen LogP contribution in [-0.2, 0) is 24.4 Å². The summed E-state index contributed by atoms with van der Waals surface area (Å²) in [5.41, 5.74) is 9.22. The maximum atomic E-state index is 13.4. The van der Waals surface area contributed by atoms with Gasteiger partial charge in [0.15, 0.2) is 0 Å². The molecular weight excluding hydrogens is 594 g/mol. The van der Waals surface area contributed by atoms with Crippen LogP contribution in [0.1, 0.15) is 50.2 Å². The molecule has 0 spiro atoms. The van der Waals surface area contributed by atoms with Gasteiger partial charge < -0.3 is 24.7 Å². The Labute approximate surface area is 262 Å². The van der Waals surface area contributed by atoms with Gasteiger partial charge in [0.25, 0.3) is 5.91 Å². The Hall–Kier alpha value is -5.83. The average molecular weight is 628 g/mol. The summed E-state index contributed by atoms with van der Waals surface area (Å²) >= 11 is 0. The Kier molecular flexibility index (Phi) is 9.52. The zero-order chi connectivity index (χ0) is 32.8. The van der Waals surface area contributed by atoms with Gasteiger partial charge in [-0.05, 0) is 50.2 Å². The molecule has 0 aliphatic rings. The van der Waals surface area contributed by atoms with E-state index in [0.29, 0.717) is 82.5 Å². The minimum atomic E-state index is -0.592. The largest absolute Gasteiger partial charge is 0.491 e. The Bertz CT molecular complexity index is 1970. The van der Waals surface area contributed by atoms with E-state index in [-0.39, 0.29) is 31.7 Å². The minimum Gasteiger partial charge on any atom is -0.491 e. The molecule has 238 valence electrons. The number of nitrogens with one attached hydrogen (secondary N) is 2. The number of nitrogens with zero attached hydrogens (tertiary/aromatic N) is 6. The molecule has 0 bridgehead atoms. The molecule has 0 unspecified atom stereocenters. The Morgan fingerprint density at radius 2 is 1.78 bits per heavy atom. The van der Waals surface area contributed by atoms with Crippen molar-refractivity contribution in [1.82, 2.24) is 28.9 Å². The first-order valence-electron chi connectivity index (χ1n) is 14.5. The molecule has 0 fully saturated rings. The number of fused-ring (bicyclic) bond motifs is 2. The second-order valence-corrected chi connectivity index (χ2v) is 10.3. The normalized spacial score (nSPS) is 11.4. The molecule has 0 saturated carbocycles. The topological polar surface area (TPSA) is 201 Å². The molecule has 0 aliphatic heterocycles. The highest BCUT2D eigenvalue weighted by molar-refractivity contribution is 6.03. The lowest BCUT2D eigenvalue weighted by Gasteiger charge is -2.12. The summed E-state index contributed by atoms with van der Waals surface area (Å²) in [6, 6.07) is 9.72. The monoisotopic (exact) mass is 627 g/mol. The van der Waals surface area contributed by atoms with E-state index < -0.39 is 11.8 Å². The number of ether oxygens (including phenoxy) is 1. The van der Waals surface area contributed by atoms with Gasteiger partial charge in [0.05, 0.1) is 28.9 Å². The van der Waals surface area contributed by atoms with Gasteiger partial charge in [-0.25, -0.2) is 9.97 Å². The van der Waals surface area contributed by atoms with Gasteiger partial charge in [0, 0.05) is 43.8 Å². The fourth-order valence-corrected chi connectivity index (χ4v) is 5.07. The number of rotatable bonds is 15. The van der Waals surface area contributed by atoms with Gasteiger partial charge in [0.2, 0.25) is 24.2 Å². The first kappa shape index (κ1) is 31.6. The van der Waals surface area contributed by atoms with Crippen LogP contribution in [-0.4, -0.2) is 71.7 Å². The number of amides is 3. The van der Waals surface area contributed by atoms with E-state index in [1.807, 2.05) is 19.1 Å². The van der Waals surface area contributed by atoms with Crippen molar-refractivity contribution in [3.63, 3.8) is 0 Å². The number of aliphatic hydroxyl groups is 1. The van der Waals surface area contributed by atoms with Crippen molar-refractivity contribution >= 4 is 58.5 Å². The molecular formula is C31H33N9O6. The predicted octanol–water partition coefficient (Wildman–Crippen LogP) is 2.66. The van der Waals surface area contributed by atoms with Crippen LogP contribution in [0.25, 0.3) is 22.1 Å². The fraction of sp³-hybridized carbons (Fsp3) is 0.258. The summed E-state index contributed by atoms with van der Waals surface area (Å²) in [5.74, 6) is -0.137. The van der Waals surface area contributed by atoms with Crippen molar-refractivity contribution in [3.05, 3.63) is 71.1 Å². The number of nitrogens with two attached hydrogens (primary N) is 1. The highest BCUT2D eigenvalue weighted by atomic mass is 16.5. The lowest BCUT2D eigenvalue weighted by molar-refractivity contribution is -0.105. The third-order valence-electron chi connectivity index (χ3n) is 7.15.